The number of aromatic nitrogens is 1. The Morgan fingerprint density at radius 2 is 1.93 bits per heavy atom. The molecule has 1 heteroatoms. The van der Waals surface area contributed by atoms with Crippen molar-refractivity contribution >= 4 is 0 Å². The van der Waals surface area contributed by atoms with Gasteiger partial charge < -0.3 is 0 Å². The Balaban J connectivity index is 2.46. The first kappa shape index (κ1) is 11.2. The molecular formula is C13H21N. The Bertz CT molecular complexity index is 279. The lowest BCUT2D eigenvalue weighted by Gasteiger charge is -2.06. The summed E-state index contributed by atoms with van der Waals surface area (Å²) in [5.74, 6) is 0. The number of unbranched alkanes of at least 4 members (excludes halogenated alkanes) is 3. The summed E-state index contributed by atoms with van der Waals surface area (Å²) in [7, 11) is 0. The van der Waals surface area contributed by atoms with Gasteiger partial charge in [-0.25, -0.2) is 0 Å². The molecule has 1 heterocycles. The van der Waals surface area contributed by atoms with Crippen molar-refractivity contribution in [1.82, 2.24) is 4.98 Å². The Hall–Kier alpha value is -0.850. The lowest BCUT2D eigenvalue weighted by molar-refractivity contribution is 0.658. The van der Waals surface area contributed by atoms with Crippen LogP contribution in [0.4, 0.5) is 0 Å². The predicted octanol–water partition coefficient (Wildman–Crippen LogP) is 3.82. The summed E-state index contributed by atoms with van der Waals surface area (Å²) in [4.78, 5) is 4.44. The van der Waals surface area contributed by atoms with Crippen molar-refractivity contribution < 1.29 is 0 Å². The highest BCUT2D eigenvalue weighted by molar-refractivity contribution is 5.27. The van der Waals surface area contributed by atoms with E-state index in [2.05, 4.69) is 31.8 Å². The van der Waals surface area contributed by atoms with E-state index in [1.54, 1.807) is 0 Å². The average molecular weight is 191 g/mol. The third kappa shape index (κ3) is 3.13. The molecule has 0 bridgehead atoms. The molecule has 14 heavy (non-hydrogen) atoms. The Morgan fingerprint density at radius 3 is 2.64 bits per heavy atom. The Kier molecular flexibility index (Phi) is 4.64. The molecule has 0 aromatic carbocycles. The number of hydrogen-bond acceptors (Lipinski definition) is 1. The van der Waals surface area contributed by atoms with Gasteiger partial charge in [-0.3, -0.25) is 4.98 Å². The third-order valence-electron chi connectivity index (χ3n) is 2.85. The molecular weight excluding hydrogens is 170 g/mol. The molecule has 1 rings (SSSR count). The van der Waals surface area contributed by atoms with Gasteiger partial charge in [0, 0.05) is 11.9 Å². The van der Waals surface area contributed by atoms with Gasteiger partial charge >= 0.3 is 0 Å². The zero-order valence-electron chi connectivity index (χ0n) is 9.64. The topological polar surface area (TPSA) is 12.9 Å². The molecule has 0 saturated heterocycles. The smallest absolute Gasteiger partial charge is 0.0435 e. The average Bonchev–Trinajstić information content (AvgIpc) is 2.19. The number of pyridine rings is 1. The molecule has 1 aromatic heterocycles. The van der Waals surface area contributed by atoms with Gasteiger partial charge in [-0.1, -0.05) is 26.2 Å². The molecule has 0 atom stereocenters. The van der Waals surface area contributed by atoms with Gasteiger partial charge in [0.15, 0.2) is 0 Å². The van der Waals surface area contributed by atoms with Crippen molar-refractivity contribution in [2.45, 2.75) is 52.9 Å². The normalized spacial score (nSPS) is 10.5. The third-order valence-corrected chi connectivity index (χ3v) is 2.85. The van der Waals surface area contributed by atoms with Crippen LogP contribution in [0.25, 0.3) is 0 Å². The molecule has 0 aliphatic carbocycles. The number of nitrogens with zero attached hydrogens (tertiary/aromatic N) is 1. The molecule has 0 fully saturated rings. The minimum atomic E-state index is 1.15. The Morgan fingerprint density at radius 1 is 1.14 bits per heavy atom. The van der Waals surface area contributed by atoms with Gasteiger partial charge in [-0.2, -0.15) is 0 Å². The van der Waals surface area contributed by atoms with Crippen LogP contribution in [0, 0.1) is 13.8 Å². The van der Waals surface area contributed by atoms with Gasteiger partial charge in [-0.15, -0.1) is 0 Å². The van der Waals surface area contributed by atoms with Crippen LogP contribution in [0.1, 0.15) is 49.4 Å². The van der Waals surface area contributed by atoms with Crippen LogP contribution in [-0.2, 0) is 6.42 Å². The first-order chi connectivity index (χ1) is 6.75. The molecule has 0 N–H and O–H groups in total. The fourth-order valence-corrected chi connectivity index (χ4v) is 1.66. The molecule has 0 spiro atoms. The summed E-state index contributed by atoms with van der Waals surface area (Å²) >= 11 is 0. The number of rotatable bonds is 5. The maximum atomic E-state index is 4.44. The molecule has 78 valence electrons. The molecule has 0 saturated carbocycles. The van der Waals surface area contributed by atoms with Crippen molar-refractivity contribution in [2.24, 2.45) is 0 Å². The van der Waals surface area contributed by atoms with Crippen molar-refractivity contribution in [3.63, 3.8) is 0 Å². The van der Waals surface area contributed by atoms with E-state index in [-0.39, 0.29) is 0 Å². The van der Waals surface area contributed by atoms with Crippen LogP contribution in [0.3, 0.4) is 0 Å². The second-order valence-electron chi connectivity index (χ2n) is 4.01. The van der Waals surface area contributed by atoms with Crippen molar-refractivity contribution in [2.75, 3.05) is 0 Å². The first-order valence-corrected chi connectivity index (χ1v) is 5.66. The molecule has 0 unspecified atom stereocenters. The number of aryl methyl sites for hydroxylation is 2. The highest BCUT2D eigenvalue weighted by atomic mass is 14.7. The fourth-order valence-electron chi connectivity index (χ4n) is 1.66. The van der Waals surface area contributed by atoms with E-state index in [9.17, 15) is 0 Å². The summed E-state index contributed by atoms with van der Waals surface area (Å²) in [5, 5.41) is 0. The van der Waals surface area contributed by atoms with Crippen LogP contribution < -0.4 is 0 Å². The summed E-state index contributed by atoms with van der Waals surface area (Å²) in [6.07, 6.45) is 8.35. The van der Waals surface area contributed by atoms with E-state index in [0.29, 0.717) is 0 Å². The van der Waals surface area contributed by atoms with E-state index in [1.807, 2.05) is 6.20 Å². The van der Waals surface area contributed by atoms with Crippen LogP contribution >= 0.6 is 0 Å². The SMILES string of the molecule is CCCCCCc1nccc(C)c1C. The van der Waals surface area contributed by atoms with Gasteiger partial charge in [0.05, 0.1) is 0 Å². The van der Waals surface area contributed by atoms with Crippen molar-refractivity contribution in [1.29, 1.82) is 0 Å². The number of hydrogen-bond donors (Lipinski definition) is 0. The summed E-state index contributed by atoms with van der Waals surface area (Å²) in [5.41, 5.74) is 4.04. The van der Waals surface area contributed by atoms with Crippen LogP contribution in [-0.4, -0.2) is 4.98 Å². The maximum Gasteiger partial charge on any atom is 0.0435 e. The molecule has 1 nitrogen and oxygen atoms in total. The van der Waals surface area contributed by atoms with Gasteiger partial charge in [-0.05, 0) is 43.9 Å². The van der Waals surface area contributed by atoms with Crippen molar-refractivity contribution in [3.05, 3.63) is 29.1 Å². The van der Waals surface area contributed by atoms with Crippen LogP contribution in [0.2, 0.25) is 0 Å². The lowest BCUT2D eigenvalue weighted by atomic mass is 10.0. The fraction of sp³-hybridized carbons (Fsp3) is 0.615. The van der Waals surface area contributed by atoms with E-state index >= 15 is 0 Å². The maximum absolute atomic E-state index is 4.44. The zero-order chi connectivity index (χ0) is 10.4. The van der Waals surface area contributed by atoms with Gasteiger partial charge in [0.25, 0.3) is 0 Å². The van der Waals surface area contributed by atoms with E-state index < -0.39 is 0 Å². The van der Waals surface area contributed by atoms with Crippen LogP contribution in [0.5, 0.6) is 0 Å². The van der Waals surface area contributed by atoms with E-state index in [0.717, 1.165) is 6.42 Å². The van der Waals surface area contributed by atoms with E-state index in [1.165, 1.54) is 42.5 Å². The second kappa shape index (κ2) is 5.79. The summed E-state index contributed by atoms with van der Waals surface area (Å²) in [6, 6.07) is 2.09. The molecule has 0 radical (unpaired) electrons. The highest BCUT2D eigenvalue weighted by Gasteiger charge is 2.01. The zero-order valence-corrected chi connectivity index (χ0v) is 9.64. The molecule has 0 amide bonds. The lowest BCUT2D eigenvalue weighted by Crippen LogP contribution is -1.96. The quantitative estimate of drug-likeness (QED) is 0.645. The minimum absolute atomic E-state index is 1.15. The monoisotopic (exact) mass is 191 g/mol. The van der Waals surface area contributed by atoms with Crippen LogP contribution in [0.15, 0.2) is 12.3 Å². The van der Waals surface area contributed by atoms with Gasteiger partial charge in [0.2, 0.25) is 0 Å². The van der Waals surface area contributed by atoms with E-state index in [4.69, 9.17) is 0 Å². The summed E-state index contributed by atoms with van der Waals surface area (Å²) in [6.45, 7) is 6.58. The first-order valence-electron chi connectivity index (χ1n) is 5.66. The second-order valence-corrected chi connectivity index (χ2v) is 4.01. The van der Waals surface area contributed by atoms with Gasteiger partial charge in [0.1, 0.15) is 0 Å². The Labute approximate surface area is 87.6 Å². The molecule has 0 aliphatic rings. The molecule has 0 aliphatic heterocycles. The standard InChI is InChI=1S/C13H21N/c1-4-5-6-7-8-13-12(3)11(2)9-10-14-13/h9-10H,4-8H2,1-3H3. The highest BCUT2D eigenvalue weighted by Crippen LogP contribution is 2.13. The predicted molar refractivity (Wildman–Crippen MR) is 61.6 cm³/mol. The molecule has 1 aromatic rings. The summed E-state index contributed by atoms with van der Waals surface area (Å²) < 4.78 is 0. The minimum Gasteiger partial charge on any atom is -0.261 e. The van der Waals surface area contributed by atoms with Crippen molar-refractivity contribution in [3.8, 4) is 0 Å². The largest absolute Gasteiger partial charge is 0.261 e.